The number of hydrogen-bond donors (Lipinski definition) is 2. The normalized spacial score (nSPS) is 13.8. The second kappa shape index (κ2) is 14.8. The summed E-state index contributed by atoms with van der Waals surface area (Å²) in [6.45, 7) is 9.87. The van der Waals surface area contributed by atoms with Crippen molar-refractivity contribution in [2.45, 2.75) is 72.6 Å². The minimum atomic E-state index is -1.02. The zero-order valence-electron chi connectivity index (χ0n) is 26.9. The molecule has 236 valence electrons. The number of carbonyl (C=O) groups excluding carboxylic acids is 2. The van der Waals surface area contributed by atoms with Gasteiger partial charge >= 0.3 is 11.7 Å². The van der Waals surface area contributed by atoms with Gasteiger partial charge in [0.05, 0.1) is 28.3 Å². The molecule has 4 rings (SSSR count). The van der Waals surface area contributed by atoms with Gasteiger partial charge in [0.1, 0.15) is 11.8 Å². The second-order valence-electron chi connectivity index (χ2n) is 11.2. The van der Waals surface area contributed by atoms with Crippen LogP contribution in [0.5, 0.6) is 0 Å². The van der Waals surface area contributed by atoms with Crippen LogP contribution in [0.2, 0.25) is 0 Å². The van der Waals surface area contributed by atoms with Crippen molar-refractivity contribution in [3.8, 4) is 5.69 Å². The van der Waals surface area contributed by atoms with Gasteiger partial charge in [-0.25, -0.2) is 14.2 Å². The highest BCUT2D eigenvalue weighted by atomic mass is 16.5. The van der Waals surface area contributed by atoms with E-state index in [-0.39, 0.29) is 17.8 Å². The first-order valence-corrected chi connectivity index (χ1v) is 15.0. The number of carbonyl (C=O) groups is 2. The Morgan fingerprint density at radius 1 is 1.05 bits per heavy atom. The molecule has 10 nitrogen and oxygen atoms in total. The lowest BCUT2D eigenvalue weighted by molar-refractivity contribution is -0.151. The number of amides is 1. The Morgan fingerprint density at radius 3 is 2.27 bits per heavy atom. The van der Waals surface area contributed by atoms with Gasteiger partial charge in [-0.05, 0) is 89.2 Å². The maximum atomic E-state index is 13.5. The highest BCUT2D eigenvalue weighted by Gasteiger charge is 2.28. The molecule has 1 aliphatic carbocycles. The number of hydrogen-bond acceptors (Lipinski definition) is 7. The lowest BCUT2D eigenvalue weighted by Crippen LogP contribution is -2.45. The summed E-state index contributed by atoms with van der Waals surface area (Å²) >= 11 is 0. The quantitative estimate of drug-likeness (QED) is 0.349. The molecular weight excluding hydrogens is 560 g/mol. The van der Waals surface area contributed by atoms with E-state index in [0.717, 1.165) is 15.7 Å². The summed E-state index contributed by atoms with van der Waals surface area (Å²) in [5.41, 5.74) is 2.57. The van der Waals surface area contributed by atoms with Crippen molar-refractivity contribution >= 4 is 22.8 Å². The van der Waals surface area contributed by atoms with Crippen molar-refractivity contribution in [3.05, 3.63) is 97.4 Å². The zero-order chi connectivity index (χ0) is 32.7. The maximum absolute atomic E-state index is 13.5. The van der Waals surface area contributed by atoms with Crippen LogP contribution in [0.3, 0.4) is 0 Å². The van der Waals surface area contributed by atoms with Gasteiger partial charge in [-0.3, -0.25) is 14.2 Å². The van der Waals surface area contributed by atoms with Crippen molar-refractivity contribution in [2.24, 2.45) is 7.05 Å². The van der Waals surface area contributed by atoms with Gasteiger partial charge in [0.25, 0.3) is 11.5 Å². The van der Waals surface area contributed by atoms with Crippen LogP contribution in [-0.4, -0.2) is 57.3 Å². The van der Waals surface area contributed by atoms with Gasteiger partial charge < -0.3 is 20.1 Å². The molecule has 44 heavy (non-hydrogen) atoms. The first-order chi connectivity index (χ1) is 20.9. The summed E-state index contributed by atoms with van der Waals surface area (Å²) < 4.78 is 7.98. The Kier molecular flexibility index (Phi) is 11.5. The average molecular weight is 605 g/mol. The van der Waals surface area contributed by atoms with Crippen LogP contribution in [0.25, 0.3) is 16.6 Å². The van der Waals surface area contributed by atoms with E-state index in [0.29, 0.717) is 41.5 Å². The van der Waals surface area contributed by atoms with E-state index in [2.05, 4.69) is 5.32 Å². The van der Waals surface area contributed by atoms with Crippen molar-refractivity contribution in [2.75, 3.05) is 14.1 Å². The first kappa shape index (κ1) is 34.1. The number of allylic oxidation sites excluding steroid dienone is 2. The molecule has 1 atom stereocenters. The highest BCUT2D eigenvalue weighted by molar-refractivity contribution is 6.00. The molecule has 0 saturated carbocycles. The molecule has 1 amide bonds. The molecule has 1 aliphatic rings. The van der Waals surface area contributed by atoms with Gasteiger partial charge in [-0.1, -0.05) is 37.6 Å². The van der Waals surface area contributed by atoms with Crippen molar-refractivity contribution in [1.82, 2.24) is 19.4 Å². The van der Waals surface area contributed by atoms with Gasteiger partial charge in [-0.15, -0.1) is 0 Å². The smallest absolute Gasteiger partial charge is 0.335 e. The number of aliphatic hydroxyl groups is 1. The molecular formula is C34H44N4O6. The molecule has 10 heteroatoms. The summed E-state index contributed by atoms with van der Waals surface area (Å²) in [5.74, 6) is -1.26. The highest BCUT2D eigenvalue weighted by Crippen LogP contribution is 2.24. The number of fused-ring (bicyclic) bond motifs is 1. The van der Waals surface area contributed by atoms with E-state index < -0.39 is 35.3 Å². The molecule has 0 bridgehead atoms. The number of aromatic nitrogens is 2. The molecule has 1 unspecified atom stereocenters. The molecule has 1 aromatic heterocycles. The number of ether oxygens (including phenoxy) is 1. The van der Waals surface area contributed by atoms with Gasteiger partial charge in [-0.2, -0.15) is 0 Å². The third kappa shape index (κ3) is 7.74. The third-order valence-corrected chi connectivity index (χ3v) is 7.18. The SMILES string of the molecule is CC.CC1=C(C(=O)NC(Cc2ccc(-n3c(=O)c4cc(CN(C)C)ccc4n(C)c3=O)cc2)C(=O)OC(C)C)C(O)=CCC1. The number of nitrogens with one attached hydrogen (secondary N) is 1. The van der Waals surface area contributed by atoms with Crippen LogP contribution < -0.4 is 16.6 Å². The lowest BCUT2D eigenvalue weighted by Gasteiger charge is -2.22. The van der Waals surface area contributed by atoms with E-state index >= 15 is 0 Å². The van der Waals surface area contributed by atoms with E-state index in [4.69, 9.17) is 4.74 Å². The van der Waals surface area contributed by atoms with Crippen LogP contribution in [0.15, 0.2) is 75.0 Å². The Morgan fingerprint density at radius 2 is 1.68 bits per heavy atom. The fourth-order valence-electron chi connectivity index (χ4n) is 5.13. The summed E-state index contributed by atoms with van der Waals surface area (Å²) in [7, 11) is 5.52. The van der Waals surface area contributed by atoms with Crippen LogP contribution in [0.1, 0.15) is 58.6 Å². The Labute approximate surface area is 258 Å². The summed E-state index contributed by atoms with van der Waals surface area (Å²) in [5, 5.41) is 13.5. The van der Waals surface area contributed by atoms with Crippen molar-refractivity contribution < 1.29 is 19.4 Å². The number of aliphatic hydroxyl groups excluding tert-OH is 1. The molecule has 0 saturated heterocycles. The molecule has 3 aromatic rings. The number of aryl methyl sites for hydroxylation is 1. The van der Waals surface area contributed by atoms with Crippen LogP contribution in [0.4, 0.5) is 0 Å². The number of esters is 1. The zero-order valence-corrected chi connectivity index (χ0v) is 26.9. The lowest BCUT2D eigenvalue weighted by atomic mass is 9.96. The standard InChI is InChI=1S/C32H38N4O6.C2H6/c1-19(2)42-31(40)25(33-29(38)28-20(3)8-7-9-27(28)37)17-21-10-13-23(14-11-21)36-30(39)24-16-22(18-34(4)5)12-15-26(24)35(6)32(36)41;1-2/h9-16,19,25,37H,7-8,17-18H2,1-6H3,(H,33,38);1-2H3. The average Bonchev–Trinajstić information content (AvgIpc) is 2.97. The fraction of sp³-hybridized carbons (Fsp3) is 0.412. The largest absolute Gasteiger partial charge is 0.507 e. The number of benzene rings is 2. The molecule has 0 radical (unpaired) electrons. The Hall–Kier alpha value is -4.44. The molecule has 0 aliphatic heterocycles. The summed E-state index contributed by atoms with van der Waals surface area (Å²) in [6.07, 6.45) is 2.58. The van der Waals surface area contributed by atoms with E-state index in [9.17, 15) is 24.3 Å². The third-order valence-electron chi connectivity index (χ3n) is 7.18. The molecule has 2 aromatic carbocycles. The minimum Gasteiger partial charge on any atom is -0.507 e. The van der Waals surface area contributed by atoms with Gasteiger partial charge in [0, 0.05) is 20.0 Å². The first-order valence-electron chi connectivity index (χ1n) is 15.0. The fourth-order valence-corrected chi connectivity index (χ4v) is 5.13. The maximum Gasteiger partial charge on any atom is 0.335 e. The van der Waals surface area contributed by atoms with Crippen LogP contribution in [-0.2, 0) is 34.3 Å². The van der Waals surface area contributed by atoms with Gasteiger partial charge in [0.2, 0.25) is 0 Å². The predicted octanol–water partition coefficient (Wildman–Crippen LogP) is 4.31. The molecule has 0 spiro atoms. The predicted molar refractivity (Wildman–Crippen MR) is 173 cm³/mol. The van der Waals surface area contributed by atoms with Crippen LogP contribution in [0, 0.1) is 0 Å². The van der Waals surface area contributed by atoms with Gasteiger partial charge in [0.15, 0.2) is 0 Å². The van der Waals surface area contributed by atoms with Crippen LogP contribution >= 0.6 is 0 Å². The molecule has 1 heterocycles. The summed E-state index contributed by atoms with van der Waals surface area (Å²) in [6, 6.07) is 11.2. The molecule has 0 fully saturated rings. The number of nitrogens with zero attached hydrogens (tertiary/aromatic N) is 3. The van der Waals surface area contributed by atoms with E-state index in [1.165, 1.54) is 4.57 Å². The topological polar surface area (TPSA) is 123 Å². The number of rotatable bonds is 9. The van der Waals surface area contributed by atoms with Crippen molar-refractivity contribution in [1.29, 1.82) is 0 Å². The summed E-state index contributed by atoms with van der Waals surface area (Å²) in [4.78, 5) is 54.8. The van der Waals surface area contributed by atoms with E-state index in [1.807, 2.05) is 45.0 Å². The van der Waals surface area contributed by atoms with Crippen molar-refractivity contribution in [3.63, 3.8) is 0 Å². The second-order valence-corrected chi connectivity index (χ2v) is 11.2. The van der Waals surface area contributed by atoms with E-state index in [1.54, 1.807) is 64.2 Å². The minimum absolute atomic E-state index is 0.104. The Balaban J connectivity index is 0.00000259. The monoisotopic (exact) mass is 604 g/mol. The Bertz CT molecular complexity index is 1690. The molecule has 2 N–H and O–H groups in total.